The number of likely N-dealkylation sites (tertiary alicyclic amines) is 1. The zero-order chi connectivity index (χ0) is 14.4. The van der Waals surface area contributed by atoms with Crippen LogP contribution in [0.5, 0.6) is 0 Å². The van der Waals surface area contributed by atoms with Crippen LogP contribution in [0.25, 0.3) is 0 Å². The van der Waals surface area contributed by atoms with E-state index in [1.165, 1.54) is 38.5 Å². The van der Waals surface area contributed by atoms with Crippen LogP contribution < -0.4 is 5.32 Å². The highest BCUT2D eigenvalue weighted by molar-refractivity contribution is 5.17. The Morgan fingerprint density at radius 1 is 1.25 bits per heavy atom. The van der Waals surface area contributed by atoms with E-state index in [2.05, 4.69) is 24.1 Å². The number of nitrogens with zero attached hydrogens (tertiary/aromatic N) is 1. The molecule has 0 amide bonds. The Bertz CT molecular complexity index is 402. The van der Waals surface area contributed by atoms with Crippen molar-refractivity contribution in [2.45, 2.75) is 39.2 Å². The molecule has 2 atom stereocenters. The molecule has 0 aliphatic carbocycles. The Kier molecular flexibility index (Phi) is 5.99. The molecule has 2 unspecified atom stereocenters. The van der Waals surface area contributed by atoms with Gasteiger partial charge in [-0.2, -0.15) is 0 Å². The molecule has 1 aliphatic heterocycles. The van der Waals surface area contributed by atoms with Gasteiger partial charge in [0.25, 0.3) is 0 Å². The molecule has 1 N–H and O–H groups in total. The van der Waals surface area contributed by atoms with E-state index < -0.39 is 0 Å². The standard InChI is InChI=1S/C17H27FN2/c1-14(13-20-8-3-4-9-20)12-19-15(2)10-16-6-5-7-17(18)11-16/h5-7,11,14-15,19H,3-4,8-10,12-13H2,1-2H3. The van der Waals surface area contributed by atoms with Gasteiger partial charge in [0.1, 0.15) is 5.82 Å². The summed E-state index contributed by atoms with van der Waals surface area (Å²) in [5, 5.41) is 3.58. The lowest BCUT2D eigenvalue weighted by atomic mass is 10.1. The number of benzene rings is 1. The molecule has 0 bridgehead atoms. The molecular formula is C17H27FN2. The maximum Gasteiger partial charge on any atom is 0.123 e. The van der Waals surface area contributed by atoms with Crippen molar-refractivity contribution in [1.29, 1.82) is 0 Å². The first-order valence-corrected chi connectivity index (χ1v) is 7.83. The minimum absolute atomic E-state index is 0.142. The van der Waals surface area contributed by atoms with Crippen LogP contribution in [0.15, 0.2) is 24.3 Å². The quantitative estimate of drug-likeness (QED) is 0.824. The van der Waals surface area contributed by atoms with Crippen LogP contribution >= 0.6 is 0 Å². The first kappa shape index (κ1) is 15.5. The van der Waals surface area contributed by atoms with Crippen LogP contribution in [-0.4, -0.2) is 37.1 Å². The molecule has 3 heteroatoms. The molecule has 0 saturated carbocycles. The lowest BCUT2D eigenvalue weighted by molar-refractivity contribution is 0.278. The summed E-state index contributed by atoms with van der Waals surface area (Å²) in [6.45, 7) is 9.24. The van der Waals surface area contributed by atoms with Crippen molar-refractivity contribution < 1.29 is 4.39 Å². The number of halogens is 1. The van der Waals surface area contributed by atoms with Gasteiger partial charge in [-0.1, -0.05) is 19.1 Å². The Morgan fingerprint density at radius 2 is 2.00 bits per heavy atom. The smallest absolute Gasteiger partial charge is 0.123 e. The number of hydrogen-bond donors (Lipinski definition) is 1. The van der Waals surface area contributed by atoms with E-state index in [9.17, 15) is 4.39 Å². The number of hydrogen-bond acceptors (Lipinski definition) is 2. The van der Waals surface area contributed by atoms with E-state index in [1.807, 2.05) is 6.07 Å². The third-order valence-electron chi connectivity index (χ3n) is 4.01. The fraction of sp³-hybridized carbons (Fsp3) is 0.647. The van der Waals surface area contributed by atoms with E-state index in [0.29, 0.717) is 12.0 Å². The van der Waals surface area contributed by atoms with Gasteiger partial charge >= 0.3 is 0 Å². The summed E-state index contributed by atoms with van der Waals surface area (Å²) in [4.78, 5) is 2.56. The normalized spacial score (nSPS) is 19.1. The Labute approximate surface area is 122 Å². The Hall–Kier alpha value is -0.930. The van der Waals surface area contributed by atoms with E-state index in [-0.39, 0.29) is 5.82 Å². The maximum atomic E-state index is 13.1. The largest absolute Gasteiger partial charge is 0.314 e. The first-order chi connectivity index (χ1) is 9.63. The molecule has 0 aromatic heterocycles. The lowest BCUT2D eigenvalue weighted by Crippen LogP contribution is -2.36. The minimum Gasteiger partial charge on any atom is -0.314 e. The molecule has 1 aromatic rings. The molecule has 0 spiro atoms. The molecule has 1 heterocycles. The SMILES string of the molecule is CC(CNC(C)Cc1cccc(F)c1)CN1CCCC1. The summed E-state index contributed by atoms with van der Waals surface area (Å²) >= 11 is 0. The van der Waals surface area contributed by atoms with E-state index in [1.54, 1.807) is 12.1 Å². The first-order valence-electron chi connectivity index (χ1n) is 7.83. The van der Waals surface area contributed by atoms with Crippen molar-refractivity contribution in [2.24, 2.45) is 5.92 Å². The summed E-state index contributed by atoms with van der Waals surface area (Å²) in [6.07, 6.45) is 3.60. The molecule has 1 fully saturated rings. The number of nitrogens with one attached hydrogen (secondary N) is 1. The maximum absolute atomic E-state index is 13.1. The highest BCUT2D eigenvalue weighted by atomic mass is 19.1. The van der Waals surface area contributed by atoms with Gasteiger partial charge in [-0.15, -0.1) is 0 Å². The van der Waals surface area contributed by atoms with Crippen molar-refractivity contribution >= 4 is 0 Å². The van der Waals surface area contributed by atoms with E-state index in [0.717, 1.165) is 18.5 Å². The van der Waals surface area contributed by atoms with Crippen molar-refractivity contribution in [1.82, 2.24) is 10.2 Å². The van der Waals surface area contributed by atoms with Crippen molar-refractivity contribution in [3.8, 4) is 0 Å². The fourth-order valence-electron chi connectivity index (χ4n) is 2.96. The van der Waals surface area contributed by atoms with Gasteiger partial charge in [0.05, 0.1) is 0 Å². The van der Waals surface area contributed by atoms with Crippen molar-refractivity contribution in [3.05, 3.63) is 35.6 Å². The minimum atomic E-state index is -0.142. The second kappa shape index (κ2) is 7.75. The molecule has 20 heavy (non-hydrogen) atoms. The van der Waals surface area contributed by atoms with Crippen molar-refractivity contribution in [3.63, 3.8) is 0 Å². The van der Waals surface area contributed by atoms with Crippen LogP contribution in [0.1, 0.15) is 32.3 Å². The van der Waals surface area contributed by atoms with Crippen LogP contribution in [0.4, 0.5) is 4.39 Å². The third-order valence-corrected chi connectivity index (χ3v) is 4.01. The average molecular weight is 278 g/mol. The predicted octanol–water partition coefficient (Wildman–Crippen LogP) is 3.08. The van der Waals surface area contributed by atoms with Gasteiger partial charge in [0.15, 0.2) is 0 Å². The summed E-state index contributed by atoms with van der Waals surface area (Å²) in [6, 6.07) is 7.30. The molecule has 112 valence electrons. The summed E-state index contributed by atoms with van der Waals surface area (Å²) in [7, 11) is 0. The molecular weight excluding hydrogens is 251 g/mol. The van der Waals surface area contributed by atoms with Gasteiger partial charge in [0, 0.05) is 12.6 Å². The third kappa shape index (κ3) is 5.22. The Balaban J connectivity index is 1.67. The van der Waals surface area contributed by atoms with Gasteiger partial charge in [-0.25, -0.2) is 4.39 Å². The molecule has 2 nitrogen and oxygen atoms in total. The van der Waals surface area contributed by atoms with Crippen LogP contribution in [0.2, 0.25) is 0 Å². The second-order valence-corrected chi connectivity index (χ2v) is 6.26. The number of rotatable bonds is 7. The second-order valence-electron chi connectivity index (χ2n) is 6.26. The monoisotopic (exact) mass is 278 g/mol. The Morgan fingerprint density at radius 3 is 2.70 bits per heavy atom. The molecule has 1 aliphatic rings. The van der Waals surface area contributed by atoms with E-state index in [4.69, 9.17) is 0 Å². The van der Waals surface area contributed by atoms with Crippen LogP contribution in [0, 0.1) is 11.7 Å². The topological polar surface area (TPSA) is 15.3 Å². The van der Waals surface area contributed by atoms with Gasteiger partial charge in [-0.05, 0) is 69.4 Å². The molecule has 2 rings (SSSR count). The summed E-state index contributed by atoms with van der Waals surface area (Å²) in [5.74, 6) is 0.528. The molecule has 1 aromatic carbocycles. The van der Waals surface area contributed by atoms with Crippen molar-refractivity contribution in [2.75, 3.05) is 26.2 Å². The van der Waals surface area contributed by atoms with Crippen LogP contribution in [0.3, 0.4) is 0 Å². The lowest BCUT2D eigenvalue weighted by Gasteiger charge is -2.22. The average Bonchev–Trinajstić information content (AvgIpc) is 2.89. The predicted molar refractivity (Wildman–Crippen MR) is 82.4 cm³/mol. The molecule has 0 radical (unpaired) electrons. The van der Waals surface area contributed by atoms with Gasteiger partial charge < -0.3 is 10.2 Å². The van der Waals surface area contributed by atoms with Gasteiger partial charge in [-0.3, -0.25) is 0 Å². The zero-order valence-corrected chi connectivity index (χ0v) is 12.7. The van der Waals surface area contributed by atoms with E-state index >= 15 is 0 Å². The zero-order valence-electron chi connectivity index (χ0n) is 12.7. The summed E-state index contributed by atoms with van der Waals surface area (Å²) < 4.78 is 13.1. The summed E-state index contributed by atoms with van der Waals surface area (Å²) in [5.41, 5.74) is 1.07. The highest BCUT2D eigenvalue weighted by Gasteiger charge is 2.15. The highest BCUT2D eigenvalue weighted by Crippen LogP contribution is 2.10. The fourth-order valence-corrected chi connectivity index (χ4v) is 2.96. The van der Waals surface area contributed by atoms with Gasteiger partial charge in [0.2, 0.25) is 0 Å². The van der Waals surface area contributed by atoms with Crippen LogP contribution in [-0.2, 0) is 6.42 Å². The molecule has 1 saturated heterocycles.